The average Bonchev–Trinajstić information content (AvgIpc) is 2.88. The quantitative estimate of drug-likeness (QED) is 0.875. The summed E-state index contributed by atoms with van der Waals surface area (Å²) >= 11 is 0. The van der Waals surface area contributed by atoms with Gasteiger partial charge in [-0.05, 0) is 12.0 Å². The molecule has 1 saturated carbocycles. The largest absolute Gasteiger partial charge is 0.371 e. The molecule has 1 aromatic carbocycles. The van der Waals surface area contributed by atoms with Crippen LogP contribution in [0.15, 0.2) is 30.3 Å². The fourth-order valence-electron chi connectivity index (χ4n) is 4.61. The Morgan fingerprint density at radius 3 is 2.36 bits per heavy atom. The molecular formula is C19H18N4O2. The number of carbonyl (C=O) groups is 1. The van der Waals surface area contributed by atoms with Gasteiger partial charge in [0.15, 0.2) is 10.8 Å². The van der Waals surface area contributed by atoms with Crippen molar-refractivity contribution in [3.63, 3.8) is 0 Å². The minimum atomic E-state index is -1.89. The van der Waals surface area contributed by atoms with Gasteiger partial charge in [-0.25, -0.2) is 0 Å². The number of nitrogens with one attached hydrogen (secondary N) is 1. The first-order valence-corrected chi connectivity index (χ1v) is 8.28. The maximum Gasteiger partial charge on any atom is 0.245 e. The van der Waals surface area contributed by atoms with Crippen molar-refractivity contribution in [1.29, 1.82) is 15.8 Å². The van der Waals surface area contributed by atoms with Crippen molar-refractivity contribution in [1.82, 2.24) is 5.32 Å². The number of rotatable bonds is 3. The summed E-state index contributed by atoms with van der Waals surface area (Å²) in [6.07, 6.45) is 0.978. The van der Waals surface area contributed by atoms with Gasteiger partial charge in [-0.2, -0.15) is 15.8 Å². The van der Waals surface area contributed by atoms with E-state index in [1.54, 1.807) is 24.3 Å². The first-order valence-electron chi connectivity index (χ1n) is 8.28. The normalized spacial score (nSPS) is 35.1. The lowest BCUT2D eigenvalue weighted by molar-refractivity contribution is -0.128. The van der Waals surface area contributed by atoms with Gasteiger partial charge in [-0.1, -0.05) is 43.7 Å². The summed E-state index contributed by atoms with van der Waals surface area (Å²) < 4.78 is 0. The molecule has 1 aromatic rings. The van der Waals surface area contributed by atoms with E-state index in [1.807, 2.05) is 31.2 Å². The maximum absolute atomic E-state index is 12.7. The van der Waals surface area contributed by atoms with Gasteiger partial charge in [0.05, 0.1) is 18.2 Å². The van der Waals surface area contributed by atoms with Crippen LogP contribution in [0.1, 0.15) is 37.7 Å². The number of fused-ring (bicyclic) bond motifs is 2. The predicted octanol–water partition coefficient (Wildman–Crippen LogP) is 1.95. The number of hydrogen-bond donors (Lipinski definition) is 2. The van der Waals surface area contributed by atoms with E-state index in [4.69, 9.17) is 0 Å². The lowest BCUT2D eigenvalue weighted by Crippen LogP contribution is -2.57. The molecule has 25 heavy (non-hydrogen) atoms. The molecule has 1 amide bonds. The zero-order chi connectivity index (χ0) is 18.3. The number of aliphatic hydroxyl groups is 1. The Labute approximate surface area is 146 Å². The van der Waals surface area contributed by atoms with Crippen molar-refractivity contribution >= 4 is 5.91 Å². The van der Waals surface area contributed by atoms with Crippen molar-refractivity contribution in [2.24, 2.45) is 16.7 Å². The molecule has 1 heterocycles. The molecule has 2 N–H and O–H groups in total. The van der Waals surface area contributed by atoms with Gasteiger partial charge < -0.3 is 10.4 Å². The molecule has 0 spiro atoms. The summed E-state index contributed by atoms with van der Waals surface area (Å²) in [4.78, 5) is 12.7. The van der Waals surface area contributed by atoms with E-state index in [9.17, 15) is 25.7 Å². The molecule has 2 aliphatic rings. The third-order valence-corrected chi connectivity index (χ3v) is 5.71. The summed E-state index contributed by atoms with van der Waals surface area (Å²) in [6.45, 7) is 1.94. The second-order valence-electron chi connectivity index (χ2n) is 6.89. The third kappa shape index (κ3) is 1.94. The van der Waals surface area contributed by atoms with Gasteiger partial charge in [-0.15, -0.1) is 0 Å². The Morgan fingerprint density at radius 1 is 1.20 bits per heavy atom. The van der Waals surface area contributed by atoms with Crippen LogP contribution in [-0.2, 0) is 4.79 Å². The summed E-state index contributed by atoms with van der Waals surface area (Å²) in [5, 5.41) is 43.5. The lowest BCUT2D eigenvalue weighted by Gasteiger charge is -2.49. The molecule has 0 unspecified atom stereocenters. The average molecular weight is 334 g/mol. The molecule has 1 aliphatic carbocycles. The highest BCUT2D eigenvalue weighted by molar-refractivity contribution is 5.92. The molecule has 2 bridgehead atoms. The van der Waals surface area contributed by atoms with Crippen LogP contribution < -0.4 is 5.32 Å². The summed E-state index contributed by atoms with van der Waals surface area (Å²) in [5.41, 5.74) is -4.68. The maximum atomic E-state index is 12.7. The van der Waals surface area contributed by atoms with Crippen LogP contribution in [-0.4, -0.2) is 16.7 Å². The Kier molecular flexibility index (Phi) is 3.79. The monoisotopic (exact) mass is 334 g/mol. The minimum Gasteiger partial charge on any atom is -0.371 e. The molecular weight excluding hydrogens is 316 g/mol. The van der Waals surface area contributed by atoms with Gasteiger partial charge >= 0.3 is 0 Å². The molecule has 6 nitrogen and oxygen atoms in total. The fourth-order valence-corrected chi connectivity index (χ4v) is 4.61. The van der Waals surface area contributed by atoms with Gasteiger partial charge in [0.25, 0.3) is 0 Å². The highest BCUT2D eigenvalue weighted by Crippen LogP contribution is 2.65. The standard InChI is InChI=1S/C19H18N4O2/c1-2-6-14-15(13-7-4-3-5-8-13)18(11-21,12-22)17(10-20)9-19(14,25)23-16(17)24/h3-5,7-8,14-15,25H,2,6,9H2,1H3,(H,23,24)/t14-,15+,17-,19+/m1/s1. The van der Waals surface area contributed by atoms with E-state index in [0.717, 1.165) is 0 Å². The van der Waals surface area contributed by atoms with Gasteiger partial charge in [0, 0.05) is 18.3 Å². The summed E-state index contributed by atoms with van der Waals surface area (Å²) in [5.74, 6) is -2.02. The van der Waals surface area contributed by atoms with E-state index in [-0.39, 0.29) is 6.42 Å². The van der Waals surface area contributed by atoms with Crippen LogP contribution in [0.4, 0.5) is 0 Å². The highest BCUT2D eigenvalue weighted by atomic mass is 16.3. The molecule has 2 fully saturated rings. The van der Waals surface area contributed by atoms with Crippen molar-refractivity contribution in [2.75, 3.05) is 0 Å². The number of nitriles is 3. The van der Waals surface area contributed by atoms with E-state index in [2.05, 4.69) is 5.32 Å². The molecule has 4 atom stereocenters. The van der Waals surface area contributed by atoms with Crippen LogP contribution in [0.3, 0.4) is 0 Å². The molecule has 0 radical (unpaired) electrons. The van der Waals surface area contributed by atoms with Crippen LogP contribution in [0.25, 0.3) is 0 Å². The number of benzene rings is 1. The zero-order valence-electron chi connectivity index (χ0n) is 13.9. The van der Waals surface area contributed by atoms with E-state index in [0.29, 0.717) is 18.4 Å². The molecule has 1 saturated heterocycles. The van der Waals surface area contributed by atoms with Gasteiger partial charge in [0.1, 0.15) is 5.72 Å². The number of hydrogen-bond acceptors (Lipinski definition) is 5. The summed E-state index contributed by atoms with van der Waals surface area (Å²) in [7, 11) is 0. The highest BCUT2D eigenvalue weighted by Gasteiger charge is 2.76. The first-order chi connectivity index (χ1) is 11.9. The van der Waals surface area contributed by atoms with Crippen LogP contribution in [0.5, 0.6) is 0 Å². The topological polar surface area (TPSA) is 121 Å². The van der Waals surface area contributed by atoms with Crippen molar-refractivity contribution in [2.45, 2.75) is 37.8 Å². The van der Waals surface area contributed by atoms with Crippen molar-refractivity contribution < 1.29 is 9.90 Å². The fraction of sp³-hybridized carbons (Fsp3) is 0.474. The molecule has 0 aromatic heterocycles. The molecule has 126 valence electrons. The second kappa shape index (κ2) is 5.59. The zero-order valence-corrected chi connectivity index (χ0v) is 13.9. The Bertz CT molecular complexity index is 818. The van der Waals surface area contributed by atoms with Gasteiger partial charge in [-0.3, -0.25) is 4.79 Å². The van der Waals surface area contributed by atoms with Crippen LogP contribution in [0, 0.1) is 50.7 Å². The van der Waals surface area contributed by atoms with E-state index >= 15 is 0 Å². The van der Waals surface area contributed by atoms with Crippen molar-refractivity contribution in [3.05, 3.63) is 35.9 Å². The molecule has 1 aliphatic heterocycles. The SMILES string of the molecule is CCC[C@@H]1[C@H](c2ccccc2)C(C#N)(C#N)[C@@]2(C#N)C[C@@]1(O)NC2=O. The Hall–Kier alpha value is -2.88. The smallest absolute Gasteiger partial charge is 0.245 e. The number of amides is 1. The van der Waals surface area contributed by atoms with Crippen LogP contribution >= 0.6 is 0 Å². The summed E-state index contributed by atoms with van der Waals surface area (Å²) in [6, 6.07) is 14.9. The van der Waals surface area contributed by atoms with E-state index < -0.39 is 34.3 Å². The third-order valence-electron chi connectivity index (χ3n) is 5.71. The number of carbonyl (C=O) groups excluding carboxylic acids is 1. The first kappa shape index (κ1) is 17.0. The Balaban J connectivity index is 2.35. The van der Waals surface area contributed by atoms with Crippen LogP contribution in [0.2, 0.25) is 0 Å². The molecule has 3 rings (SSSR count). The van der Waals surface area contributed by atoms with E-state index in [1.165, 1.54) is 0 Å². The van der Waals surface area contributed by atoms with Crippen molar-refractivity contribution in [3.8, 4) is 18.2 Å². The van der Waals surface area contributed by atoms with Gasteiger partial charge in [0.2, 0.25) is 5.91 Å². The predicted molar refractivity (Wildman–Crippen MR) is 87.0 cm³/mol. The minimum absolute atomic E-state index is 0.246. The second-order valence-corrected chi connectivity index (χ2v) is 6.89. The number of nitrogens with zero attached hydrogens (tertiary/aromatic N) is 3. The molecule has 6 heteroatoms. The lowest BCUT2D eigenvalue weighted by atomic mass is 9.48. The Morgan fingerprint density at radius 2 is 1.84 bits per heavy atom.